The first kappa shape index (κ1) is 15.1. The van der Waals surface area contributed by atoms with Crippen molar-refractivity contribution in [3.63, 3.8) is 0 Å². The molecule has 18 heavy (non-hydrogen) atoms. The molecule has 104 valence electrons. The molecule has 1 aromatic heterocycles. The molecule has 0 aromatic carbocycles. The zero-order chi connectivity index (χ0) is 13.6. The Morgan fingerprint density at radius 3 is 2.78 bits per heavy atom. The SMILES string of the molecule is CCCNCC(C)S(=O)(=O)NCc1cnn(C)c1. The third kappa shape index (κ3) is 4.75. The van der Waals surface area contributed by atoms with Crippen LogP contribution in [0.15, 0.2) is 12.4 Å². The van der Waals surface area contributed by atoms with E-state index in [1.54, 1.807) is 31.0 Å². The number of nitrogens with one attached hydrogen (secondary N) is 2. The summed E-state index contributed by atoms with van der Waals surface area (Å²) in [5.74, 6) is 0. The fourth-order valence-electron chi connectivity index (χ4n) is 1.48. The molecule has 0 aliphatic carbocycles. The van der Waals surface area contributed by atoms with E-state index in [1.807, 2.05) is 6.92 Å². The molecule has 0 spiro atoms. The Balaban J connectivity index is 2.43. The van der Waals surface area contributed by atoms with Gasteiger partial charge in [-0.2, -0.15) is 5.10 Å². The number of aromatic nitrogens is 2. The quantitative estimate of drug-likeness (QED) is 0.665. The van der Waals surface area contributed by atoms with Crippen LogP contribution in [0.1, 0.15) is 25.8 Å². The highest BCUT2D eigenvalue weighted by Gasteiger charge is 2.19. The second kappa shape index (κ2) is 6.86. The minimum atomic E-state index is -3.28. The predicted octanol–water partition coefficient (Wildman–Crippen LogP) is 0.228. The summed E-state index contributed by atoms with van der Waals surface area (Å²) >= 11 is 0. The van der Waals surface area contributed by atoms with Crippen molar-refractivity contribution in [3.8, 4) is 0 Å². The smallest absolute Gasteiger partial charge is 0.215 e. The standard InChI is InChI=1S/C11H22N4O2S/c1-4-5-12-6-10(2)18(16,17)14-8-11-7-13-15(3)9-11/h7,9-10,12,14H,4-6,8H2,1-3H3. The van der Waals surface area contributed by atoms with Crippen LogP contribution in [-0.2, 0) is 23.6 Å². The van der Waals surface area contributed by atoms with Crippen LogP contribution in [0.5, 0.6) is 0 Å². The van der Waals surface area contributed by atoms with Crippen LogP contribution in [0.4, 0.5) is 0 Å². The largest absolute Gasteiger partial charge is 0.315 e. The molecule has 1 heterocycles. The first-order chi connectivity index (χ1) is 8.45. The molecule has 0 bridgehead atoms. The summed E-state index contributed by atoms with van der Waals surface area (Å²) in [5, 5.41) is 6.66. The average molecular weight is 274 g/mol. The Hall–Kier alpha value is -0.920. The number of aryl methyl sites for hydroxylation is 1. The number of hydrogen-bond donors (Lipinski definition) is 2. The van der Waals surface area contributed by atoms with Gasteiger partial charge in [0.25, 0.3) is 0 Å². The molecule has 0 aliphatic heterocycles. The van der Waals surface area contributed by atoms with E-state index in [4.69, 9.17) is 0 Å². The summed E-state index contributed by atoms with van der Waals surface area (Å²) in [6, 6.07) is 0. The van der Waals surface area contributed by atoms with Crippen molar-refractivity contribution < 1.29 is 8.42 Å². The normalized spacial score (nSPS) is 13.7. The summed E-state index contributed by atoms with van der Waals surface area (Å²) in [6.07, 6.45) is 4.45. The number of hydrogen-bond acceptors (Lipinski definition) is 4. The van der Waals surface area contributed by atoms with E-state index in [2.05, 4.69) is 15.1 Å². The fourth-order valence-corrected chi connectivity index (χ4v) is 2.47. The topological polar surface area (TPSA) is 76.0 Å². The highest BCUT2D eigenvalue weighted by Crippen LogP contribution is 2.01. The molecule has 0 fully saturated rings. The minimum absolute atomic E-state index is 0.286. The summed E-state index contributed by atoms with van der Waals surface area (Å²) < 4.78 is 28.1. The zero-order valence-corrected chi connectivity index (χ0v) is 12.0. The zero-order valence-electron chi connectivity index (χ0n) is 11.2. The summed E-state index contributed by atoms with van der Waals surface area (Å²) in [5.41, 5.74) is 0.856. The van der Waals surface area contributed by atoms with Gasteiger partial charge in [-0.1, -0.05) is 6.92 Å². The van der Waals surface area contributed by atoms with E-state index >= 15 is 0 Å². The Morgan fingerprint density at radius 1 is 1.50 bits per heavy atom. The molecule has 7 heteroatoms. The van der Waals surface area contributed by atoms with Crippen molar-refractivity contribution in [2.75, 3.05) is 13.1 Å². The number of nitrogens with zero attached hydrogens (tertiary/aromatic N) is 2. The Labute approximate surface area is 109 Å². The highest BCUT2D eigenvalue weighted by molar-refractivity contribution is 7.90. The van der Waals surface area contributed by atoms with Gasteiger partial charge < -0.3 is 5.32 Å². The molecule has 0 aliphatic rings. The van der Waals surface area contributed by atoms with Crippen LogP contribution in [0, 0.1) is 0 Å². The predicted molar refractivity (Wildman–Crippen MR) is 71.6 cm³/mol. The van der Waals surface area contributed by atoms with Gasteiger partial charge in [-0.05, 0) is 19.9 Å². The number of rotatable bonds is 8. The molecule has 1 rings (SSSR count). The maximum Gasteiger partial charge on any atom is 0.215 e. The van der Waals surface area contributed by atoms with Crippen molar-refractivity contribution >= 4 is 10.0 Å². The maximum absolute atomic E-state index is 11.9. The third-order valence-corrected chi connectivity index (χ3v) is 4.40. The lowest BCUT2D eigenvalue weighted by atomic mass is 10.4. The van der Waals surface area contributed by atoms with Gasteiger partial charge in [0.15, 0.2) is 0 Å². The van der Waals surface area contributed by atoms with Crippen molar-refractivity contribution in [2.24, 2.45) is 7.05 Å². The first-order valence-corrected chi connectivity index (χ1v) is 7.67. The van der Waals surface area contributed by atoms with Gasteiger partial charge in [-0.25, -0.2) is 13.1 Å². The molecule has 0 radical (unpaired) electrons. The van der Waals surface area contributed by atoms with Crippen LogP contribution in [0.25, 0.3) is 0 Å². The number of sulfonamides is 1. The van der Waals surface area contributed by atoms with E-state index in [0.29, 0.717) is 6.54 Å². The second-order valence-electron chi connectivity index (χ2n) is 4.40. The maximum atomic E-state index is 11.9. The Morgan fingerprint density at radius 2 is 2.22 bits per heavy atom. The molecule has 6 nitrogen and oxygen atoms in total. The van der Waals surface area contributed by atoms with E-state index in [1.165, 1.54) is 0 Å². The summed E-state index contributed by atoms with van der Waals surface area (Å²) in [7, 11) is -1.48. The minimum Gasteiger partial charge on any atom is -0.315 e. The van der Waals surface area contributed by atoms with Crippen LogP contribution < -0.4 is 10.0 Å². The average Bonchev–Trinajstić information content (AvgIpc) is 2.73. The van der Waals surface area contributed by atoms with Gasteiger partial charge in [0.1, 0.15) is 0 Å². The lowest BCUT2D eigenvalue weighted by molar-refractivity contribution is 0.557. The molecular formula is C11H22N4O2S. The van der Waals surface area contributed by atoms with Gasteiger partial charge >= 0.3 is 0 Å². The van der Waals surface area contributed by atoms with Gasteiger partial charge in [-0.15, -0.1) is 0 Å². The van der Waals surface area contributed by atoms with Crippen LogP contribution >= 0.6 is 0 Å². The van der Waals surface area contributed by atoms with Crippen LogP contribution in [-0.4, -0.2) is 36.5 Å². The lowest BCUT2D eigenvalue weighted by Crippen LogP contribution is -2.38. The molecule has 2 N–H and O–H groups in total. The lowest BCUT2D eigenvalue weighted by Gasteiger charge is -2.14. The van der Waals surface area contributed by atoms with Gasteiger partial charge in [0.05, 0.1) is 11.4 Å². The van der Waals surface area contributed by atoms with Crippen LogP contribution in [0.3, 0.4) is 0 Å². The molecule has 0 saturated heterocycles. The van der Waals surface area contributed by atoms with Crippen LogP contribution in [0.2, 0.25) is 0 Å². The molecule has 1 aromatic rings. The van der Waals surface area contributed by atoms with Crippen molar-refractivity contribution in [1.29, 1.82) is 0 Å². The van der Waals surface area contributed by atoms with Gasteiger partial charge in [-0.3, -0.25) is 4.68 Å². The third-order valence-electron chi connectivity index (χ3n) is 2.62. The van der Waals surface area contributed by atoms with Crippen molar-refractivity contribution in [2.45, 2.75) is 32.1 Å². The molecular weight excluding hydrogens is 252 g/mol. The van der Waals surface area contributed by atoms with E-state index in [0.717, 1.165) is 18.5 Å². The van der Waals surface area contributed by atoms with Crippen molar-refractivity contribution in [1.82, 2.24) is 19.8 Å². The Kier molecular flexibility index (Phi) is 5.77. The van der Waals surface area contributed by atoms with Crippen molar-refractivity contribution in [3.05, 3.63) is 18.0 Å². The summed E-state index contributed by atoms with van der Waals surface area (Å²) in [6.45, 7) is 5.34. The molecule has 0 amide bonds. The summed E-state index contributed by atoms with van der Waals surface area (Å²) in [4.78, 5) is 0. The van der Waals surface area contributed by atoms with Gasteiger partial charge in [0.2, 0.25) is 10.0 Å². The van der Waals surface area contributed by atoms with E-state index in [9.17, 15) is 8.42 Å². The first-order valence-electron chi connectivity index (χ1n) is 6.12. The fraction of sp³-hybridized carbons (Fsp3) is 0.727. The Bertz CT molecular complexity index is 455. The molecule has 1 atom stereocenters. The van der Waals surface area contributed by atoms with E-state index < -0.39 is 15.3 Å². The second-order valence-corrected chi connectivity index (χ2v) is 6.59. The molecule has 0 saturated carbocycles. The van der Waals surface area contributed by atoms with Gasteiger partial charge in [0, 0.05) is 31.9 Å². The van der Waals surface area contributed by atoms with E-state index in [-0.39, 0.29) is 6.54 Å². The highest BCUT2D eigenvalue weighted by atomic mass is 32.2. The monoisotopic (exact) mass is 274 g/mol. The molecule has 1 unspecified atom stereocenters.